The Hall–Kier alpha value is -3.42. The summed E-state index contributed by atoms with van der Waals surface area (Å²) in [7, 11) is 0. The maximum atomic E-state index is 12.4. The van der Waals surface area contributed by atoms with Crippen LogP contribution < -0.4 is 5.56 Å². The van der Waals surface area contributed by atoms with Crippen LogP contribution in [0.5, 0.6) is 0 Å². The fourth-order valence-electron chi connectivity index (χ4n) is 3.32. The van der Waals surface area contributed by atoms with E-state index in [0.29, 0.717) is 23.6 Å². The first kappa shape index (κ1) is 18.0. The summed E-state index contributed by atoms with van der Waals surface area (Å²) in [6.07, 6.45) is 3.29. The molecular weight excluding hydrogens is 362 g/mol. The first-order valence-electron chi connectivity index (χ1n) is 8.96. The highest BCUT2D eigenvalue weighted by molar-refractivity contribution is 5.86. The zero-order valence-corrected chi connectivity index (χ0v) is 15.3. The molecule has 3 aromatic rings. The number of hydrogen-bond donors (Lipinski definition) is 0. The molecule has 1 atom stereocenters. The van der Waals surface area contributed by atoms with Gasteiger partial charge in [0, 0.05) is 25.2 Å². The van der Waals surface area contributed by atoms with E-state index in [-0.39, 0.29) is 31.0 Å². The molecule has 1 aliphatic rings. The summed E-state index contributed by atoms with van der Waals surface area (Å²) in [6.45, 7) is 2.36. The van der Waals surface area contributed by atoms with Gasteiger partial charge in [-0.05, 0) is 30.7 Å². The lowest BCUT2D eigenvalue weighted by Gasteiger charge is -2.14. The number of carbonyl (C=O) groups excluding carboxylic acids is 2. The molecule has 1 aliphatic heterocycles. The Labute approximate surface area is 160 Å². The lowest BCUT2D eigenvalue weighted by molar-refractivity contribution is -0.149. The molecule has 0 N–H and O–H groups in total. The highest BCUT2D eigenvalue weighted by Crippen LogP contribution is 2.22. The van der Waals surface area contributed by atoms with E-state index in [0.717, 1.165) is 5.56 Å². The van der Waals surface area contributed by atoms with Crippen LogP contribution in [0.25, 0.3) is 5.65 Å². The van der Waals surface area contributed by atoms with Gasteiger partial charge < -0.3 is 14.1 Å². The van der Waals surface area contributed by atoms with Crippen molar-refractivity contribution >= 4 is 17.5 Å². The molecule has 1 amide bonds. The standard InChI is InChI=1S/C20H19N3O5/c1-13-4-2-6-23-18(25)9-15(21-19(13)23)12-28-20(26)14-8-17(24)22(10-14)11-16-5-3-7-27-16/h2-7,9,14H,8,10-12H2,1H3/t14-/m1/s1. The number of hydrogen-bond acceptors (Lipinski definition) is 6. The van der Waals surface area contributed by atoms with Crippen molar-refractivity contribution < 1.29 is 18.7 Å². The van der Waals surface area contributed by atoms with Crippen molar-refractivity contribution in [2.75, 3.05) is 6.54 Å². The third kappa shape index (κ3) is 3.53. The molecule has 4 rings (SSSR count). The van der Waals surface area contributed by atoms with Gasteiger partial charge in [-0.15, -0.1) is 0 Å². The topological polar surface area (TPSA) is 94.1 Å². The summed E-state index contributed by atoms with van der Waals surface area (Å²) in [5, 5.41) is 0. The van der Waals surface area contributed by atoms with Crippen LogP contribution >= 0.6 is 0 Å². The van der Waals surface area contributed by atoms with Crippen molar-refractivity contribution in [1.82, 2.24) is 14.3 Å². The van der Waals surface area contributed by atoms with E-state index < -0.39 is 11.9 Å². The van der Waals surface area contributed by atoms with Gasteiger partial charge in [-0.2, -0.15) is 0 Å². The van der Waals surface area contributed by atoms with Crippen LogP contribution in [-0.2, 0) is 27.5 Å². The monoisotopic (exact) mass is 381 g/mol. The maximum Gasteiger partial charge on any atom is 0.311 e. The first-order valence-corrected chi connectivity index (χ1v) is 8.96. The summed E-state index contributed by atoms with van der Waals surface area (Å²) in [5.74, 6) is -0.456. The van der Waals surface area contributed by atoms with Crippen LogP contribution in [-0.4, -0.2) is 32.7 Å². The van der Waals surface area contributed by atoms with Crippen LogP contribution in [0, 0.1) is 12.8 Å². The van der Waals surface area contributed by atoms with Crippen molar-refractivity contribution in [3.8, 4) is 0 Å². The largest absolute Gasteiger partial charge is 0.467 e. The number of amides is 1. The number of rotatable bonds is 5. The Balaban J connectivity index is 1.41. The number of esters is 1. The van der Waals surface area contributed by atoms with E-state index in [1.165, 1.54) is 10.5 Å². The van der Waals surface area contributed by atoms with Crippen LogP contribution in [0.2, 0.25) is 0 Å². The van der Waals surface area contributed by atoms with E-state index in [4.69, 9.17) is 9.15 Å². The van der Waals surface area contributed by atoms with Crippen molar-refractivity contribution in [1.29, 1.82) is 0 Å². The summed E-state index contributed by atoms with van der Waals surface area (Å²) < 4.78 is 12.0. The van der Waals surface area contributed by atoms with Crippen LogP contribution in [0.1, 0.15) is 23.4 Å². The van der Waals surface area contributed by atoms with E-state index >= 15 is 0 Å². The number of likely N-dealkylation sites (tertiary alicyclic amines) is 1. The van der Waals surface area contributed by atoms with Crippen molar-refractivity contribution in [3.63, 3.8) is 0 Å². The molecule has 0 aliphatic carbocycles. The molecule has 4 heterocycles. The Morgan fingerprint density at radius 1 is 1.32 bits per heavy atom. The lowest BCUT2D eigenvalue weighted by Crippen LogP contribution is -2.26. The van der Waals surface area contributed by atoms with Crippen LogP contribution in [0.15, 0.2) is 52.0 Å². The quantitative estimate of drug-likeness (QED) is 0.624. The molecule has 3 aromatic heterocycles. The highest BCUT2D eigenvalue weighted by Gasteiger charge is 2.35. The van der Waals surface area contributed by atoms with Crippen LogP contribution in [0.4, 0.5) is 0 Å². The van der Waals surface area contributed by atoms with E-state index in [9.17, 15) is 14.4 Å². The van der Waals surface area contributed by atoms with Crippen molar-refractivity contribution in [3.05, 3.63) is 70.2 Å². The van der Waals surface area contributed by atoms with E-state index in [1.54, 1.807) is 35.6 Å². The summed E-state index contributed by atoms with van der Waals surface area (Å²) in [4.78, 5) is 42.7. The number of ether oxygens (including phenoxy) is 1. The summed E-state index contributed by atoms with van der Waals surface area (Å²) >= 11 is 0. The zero-order valence-electron chi connectivity index (χ0n) is 15.3. The third-order valence-electron chi connectivity index (χ3n) is 4.78. The molecule has 0 unspecified atom stereocenters. The second-order valence-corrected chi connectivity index (χ2v) is 6.83. The number of carbonyl (C=O) groups is 2. The van der Waals surface area contributed by atoms with Gasteiger partial charge in [0.2, 0.25) is 5.91 Å². The Bertz CT molecular complexity index is 1090. The van der Waals surface area contributed by atoms with Gasteiger partial charge in [0.1, 0.15) is 18.0 Å². The fourth-order valence-corrected chi connectivity index (χ4v) is 3.32. The molecule has 0 bridgehead atoms. The molecule has 0 spiro atoms. The third-order valence-corrected chi connectivity index (χ3v) is 4.78. The molecule has 0 aromatic carbocycles. The van der Waals surface area contributed by atoms with Gasteiger partial charge in [0.05, 0.1) is 24.4 Å². The summed E-state index contributed by atoms with van der Waals surface area (Å²) in [5.41, 5.74) is 1.52. The van der Waals surface area contributed by atoms with Gasteiger partial charge >= 0.3 is 5.97 Å². The lowest BCUT2D eigenvalue weighted by atomic mass is 10.1. The van der Waals surface area contributed by atoms with Crippen molar-refractivity contribution in [2.45, 2.75) is 26.5 Å². The molecule has 0 saturated carbocycles. The van der Waals surface area contributed by atoms with Gasteiger partial charge in [-0.25, -0.2) is 4.98 Å². The minimum absolute atomic E-state index is 0.104. The predicted octanol–water partition coefficient (Wildman–Crippen LogP) is 1.69. The average Bonchev–Trinajstić information content (AvgIpc) is 3.31. The number of pyridine rings is 1. The van der Waals surface area contributed by atoms with Gasteiger partial charge in [-0.3, -0.25) is 18.8 Å². The Kier molecular flexibility index (Phi) is 4.68. The normalized spacial score (nSPS) is 16.7. The molecule has 1 fully saturated rings. The van der Waals surface area contributed by atoms with Gasteiger partial charge in [0.15, 0.2) is 0 Å². The number of aromatic nitrogens is 2. The first-order chi connectivity index (χ1) is 13.5. The molecule has 8 heteroatoms. The second-order valence-electron chi connectivity index (χ2n) is 6.83. The second kappa shape index (κ2) is 7.30. The maximum absolute atomic E-state index is 12.4. The fraction of sp³-hybridized carbons (Fsp3) is 0.300. The number of fused-ring (bicyclic) bond motifs is 1. The average molecular weight is 381 g/mol. The number of nitrogens with zero attached hydrogens (tertiary/aromatic N) is 3. The number of furan rings is 1. The Morgan fingerprint density at radius 3 is 2.96 bits per heavy atom. The predicted molar refractivity (Wildman–Crippen MR) is 98.2 cm³/mol. The molecule has 8 nitrogen and oxygen atoms in total. The zero-order chi connectivity index (χ0) is 19.7. The van der Waals surface area contributed by atoms with E-state index in [2.05, 4.69) is 4.98 Å². The SMILES string of the molecule is Cc1cccn2c(=O)cc(COC(=O)[C@@H]3CC(=O)N(Cc4ccco4)C3)nc12. The van der Waals surface area contributed by atoms with Gasteiger partial charge in [-0.1, -0.05) is 6.07 Å². The van der Waals surface area contributed by atoms with Crippen LogP contribution in [0.3, 0.4) is 0 Å². The molecule has 1 saturated heterocycles. The summed E-state index contributed by atoms with van der Waals surface area (Å²) in [6, 6.07) is 8.52. The smallest absolute Gasteiger partial charge is 0.311 e. The molecular formula is C20H19N3O5. The minimum atomic E-state index is -0.536. The highest BCUT2D eigenvalue weighted by atomic mass is 16.5. The number of aryl methyl sites for hydroxylation is 1. The molecule has 144 valence electrons. The van der Waals surface area contributed by atoms with Crippen molar-refractivity contribution in [2.24, 2.45) is 5.92 Å². The van der Waals surface area contributed by atoms with E-state index in [1.807, 2.05) is 13.0 Å². The molecule has 28 heavy (non-hydrogen) atoms. The Morgan fingerprint density at radius 2 is 2.18 bits per heavy atom. The molecule has 0 radical (unpaired) electrons. The van der Waals surface area contributed by atoms with Gasteiger partial charge in [0.25, 0.3) is 5.56 Å². The minimum Gasteiger partial charge on any atom is -0.467 e.